The average Bonchev–Trinajstić information content (AvgIpc) is 3.12. The molecule has 1 aromatic carbocycles. The van der Waals surface area contributed by atoms with E-state index in [9.17, 15) is 9.59 Å². The SMILES string of the molecule is C#CCN(CCn1cnc2c1c(=O)n(C)c(=O)n2C)C(C)c1ccccc1. The van der Waals surface area contributed by atoms with E-state index in [0.717, 1.165) is 4.57 Å². The van der Waals surface area contributed by atoms with Gasteiger partial charge >= 0.3 is 5.69 Å². The van der Waals surface area contributed by atoms with Crippen molar-refractivity contribution in [2.45, 2.75) is 19.5 Å². The molecule has 2 heterocycles. The molecule has 0 saturated heterocycles. The predicted molar refractivity (Wildman–Crippen MR) is 105 cm³/mol. The quantitative estimate of drug-likeness (QED) is 0.615. The Morgan fingerprint density at radius 3 is 2.56 bits per heavy atom. The van der Waals surface area contributed by atoms with Gasteiger partial charge in [-0.3, -0.25) is 18.8 Å². The fourth-order valence-corrected chi connectivity index (χ4v) is 3.27. The zero-order valence-corrected chi connectivity index (χ0v) is 15.8. The van der Waals surface area contributed by atoms with E-state index in [0.29, 0.717) is 30.8 Å². The molecule has 1 atom stereocenters. The van der Waals surface area contributed by atoms with E-state index >= 15 is 0 Å². The average molecular weight is 365 g/mol. The molecule has 0 bridgehead atoms. The van der Waals surface area contributed by atoms with Gasteiger partial charge in [-0.25, -0.2) is 9.78 Å². The summed E-state index contributed by atoms with van der Waals surface area (Å²) in [7, 11) is 3.09. The molecule has 0 aliphatic rings. The second-order valence-corrected chi connectivity index (χ2v) is 6.58. The summed E-state index contributed by atoms with van der Waals surface area (Å²) in [6, 6.07) is 10.3. The highest BCUT2D eigenvalue weighted by molar-refractivity contribution is 5.69. The summed E-state index contributed by atoms with van der Waals surface area (Å²) < 4.78 is 4.28. The number of aromatic nitrogens is 4. The molecule has 0 aliphatic carbocycles. The number of hydrogen-bond acceptors (Lipinski definition) is 4. The second kappa shape index (κ2) is 7.64. The molecule has 0 spiro atoms. The van der Waals surface area contributed by atoms with E-state index < -0.39 is 0 Å². The molecule has 3 rings (SSSR count). The molecule has 7 heteroatoms. The molecule has 0 aliphatic heterocycles. The number of rotatable bonds is 6. The molecule has 140 valence electrons. The lowest BCUT2D eigenvalue weighted by molar-refractivity contribution is 0.229. The minimum atomic E-state index is -0.385. The van der Waals surface area contributed by atoms with E-state index in [-0.39, 0.29) is 17.3 Å². The highest BCUT2D eigenvalue weighted by Gasteiger charge is 2.17. The molecule has 0 radical (unpaired) electrons. The van der Waals surface area contributed by atoms with Gasteiger partial charge in [0.15, 0.2) is 11.2 Å². The minimum Gasteiger partial charge on any atom is -0.323 e. The third kappa shape index (κ3) is 3.44. The highest BCUT2D eigenvalue weighted by Crippen LogP contribution is 2.19. The van der Waals surface area contributed by atoms with Gasteiger partial charge in [-0.05, 0) is 12.5 Å². The molecular weight excluding hydrogens is 342 g/mol. The number of fused-ring (bicyclic) bond motifs is 1. The first kappa shape index (κ1) is 18.7. The van der Waals surface area contributed by atoms with Crippen molar-refractivity contribution in [2.24, 2.45) is 14.1 Å². The third-order valence-corrected chi connectivity index (χ3v) is 4.97. The lowest BCUT2D eigenvalue weighted by Gasteiger charge is -2.27. The van der Waals surface area contributed by atoms with E-state index in [1.807, 2.05) is 18.2 Å². The van der Waals surface area contributed by atoms with E-state index in [2.05, 4.69) is 34.9 Å². The van der Waals surface area contributed by atoms with Crippen molar-refractivity contribution in [3.63, 3.8) is 0 Å². The van der Waals surface area contributed by atoms with Gasteiger partial charge in [0.2, 0.25) is 0 Å². The van der Waals surface area contributed by atoms with Crippen LogP contribution in [0.3, 0.4) is 0 Å². The van der Waals surface area contributed by atoms with Crippen LogP contribution in [-0.2, 0) is 20.6 Å². The standard InChI is InChI=1S/C20H23N5O2/c1-5-11-24(15(2)16-9-7-6-8-10-16)12-13-25-14-21-18-17(25)19(26)23(4)20(27)22(18)3/h1,6-10,14-15H,11-13H2,2-4H3. The Kier molecular flexibility index (Phi) is 5.28. The van der Waals surface area contributed by atoms with Crippen LogP contribution in [-0.4, -0.2) is 36.7 Å². The molecule has 1 unspecified atom stereocenters. The van der Waals surface area contributed by atoms with Gasteiger partial charge in [0.05, 0.1) is 12.9 Å². The van der Waals surface area contributed by atoms with Gasteiger partial charge in [0.25, 0.3) is 5.56 Å². The lowest BCUT2D eigenvalue weighted by atomic mass is 10.1. The lowest BCUT2D eigenvalue weighted by Crippen LogP contribution is -2.38. The van der Waals surface area contributed by atoms with E-state index in [1.54, 1.807) is 17.9 Å². The maximum absolute atomic E-state index is 12.6. The highest BCUT2D eigenvalue weighted by atomic mass is 16.2. The van der Waals surface area contributed by atoms with Gasteiger partial charge in [0, 0.05) is 33.2 Å². The Morgan fingerprint density at radius 1 is 1.19 bits per heavy atom. The largest absolute Gasteiger partial charge is 0.332 e. The molecule has 0 fully saturated rings. The van der Waals surface area contributed by atoms with Crippen LogP contribution in [0.5, 0.6) is 0 Å². The van der Waals surface area contributed by atoms with Crippen LogP contribution in [0, 0.1) is 12.3 Å². The summed E-state index contributed by atoms with van der Waals surface area (Å²) in [5.41, 5.74) is 1.27. The number of nitrogens with zero attached hydrogens (tertiary/aromatic N) is 5. The van der Waals surface area contributed by atoms with Crippen LogP contribution in [0.2, 0.25) is 0 Å². The van der Waals surface area contributed by atoms with Crippen LogP contribution in [0.4, 0.5) is 0 Å². The monoisotopic (exact) mass is 365 g/mol. The van der Waals surface area contributed by atoms with Crippen LogP contribution in [0.25, 0.3) is 11.2 Å². The number of imidazole rings is 1. The maximum Gasteiger partial charge on any atom is 0.332 e. The van der Waals surface area contributed by atoms with Crippen LogP contribution >= 0.6 is 0 Å². The Morgan fingerprint density at radius 2 is 1.89 bits per heavy atom. The maximum atomic E-state index is 12.6. The Labute approximate surface area is 157 Å². The molecule has 2 aromatic heterocycles. The Bertz CT molecular complexity index is 1100. The number of terminal acetylenes is 1. The van der Waals surface area contributed by atoms with Crippen molar-refractivity contribution >= 4 is 11.2 Å². The van der Waals surface area contributed by atoms with Gasteiger partial charge in [-0.2, -0.15) is 0 Å². The second-order valence-electron chi connectivity index (χ2n) is 6.58. The minimum absolute atomic E-state index is 0.143. The summed E-state index contributed by atoms with van der Waals surface area (Å²) >= 11 is 0. The Hall–Kier alpha value is -3.11. The Balaban J connectivity index is 1.90. The zero-order chi connectivity index (χ0) is 19.6. The molecular formula is C20H23N5O2. The van der Waals surface area contributed by atoms with Crippen molar-refractivity contribution in [2.75, 3.05) is 13.1 Å². The normalized spacial score (nSPS) is 12.4. The van der Waals surface area contributed by atoms with Crippen LogP contribution in [0.1, 0.15) is 18.5 Å². The molecule has 7 nitrogen and oxygen atoms in total. The molecule has 3 aromatic rings. The fraction of sp³-hybridized carbons (Fsp3) is 0.350. The van der Waals surface area contributed by atoms with Crippen LogP contribution < -0.4 is 11.2 Å². The molecule has 0 N–H and O–H groups in total. The summed E-state index contributed by atoms with van der Waals surface area (Å²) in [6.45, 7) is 3.81. The smallest absolute Gasteiger partial charge is 0.323 e. The van der Waals surface area contributed by atoms with Crippen molar-refractivity contribution in [1.82, 2.24) is 23.6 Å². The predicted octanol–water partition coefficient (Wildman–Crippen LogP) is 1.13. The summed E-state index contributed by atoms with van der Waals surface area (Å²) in [4.78, 5) is 31.0. The van der Waals surface area contributed by atoms with Crippen molar-refractivity contribution in [3.05, 3.63) is 63.1 Å². The number of aryl methyl sites for hydroxylation is 1. The summed E-state index contributed by atoms with van der Waals surface area (Å²) in [5, 5.41) is 0. The first-order valence-electron chi connectivity index (χ1n) is 8.79. The molecule has 0 amide bonds. The topological polar surface area (TPSA) is 65.1 Å². The molecule has 27 heavy (non-hydrogen) atoms. The fourth-order valence-electron chi connectivity index (χ4n) is 3.27. The van der Waals surface area contributed by atoms with E-state index in [4.69, 9.17) is 6.42 Å². The van der Waals surface area contributed by atoms with Crippen molar-refractivity contribution in [1.29, 1.82) is 0 Å². The third-order valence-electron chi connectivity index (χ3n) is 4.97. The number of hydrogen-bond donors (Lipinski definition) is 0. The van der Waals surface area contributed by atoms with Gasteiger partial charge in [-0.1, -0.05) is 36.3 Å². The van der Waals surface area contributed by atoms with Gasteiger partial charge in [-0.15, -0.1) is 6.42 Å². The summed E-state index contributed by atoms with van der Waals surface area (Å²) in [6.07, 6.45) is 7.17. The van der Waals surface area contributed by atoms with Crippen molar-refractivity contribution < 1.29 is 0 Å². The molecule has 0 saturated carbocycles. The van der Waals surface area contributed by atoms with E-state index in [1.165, 1.54) is 17.2 Å². The number of benzene rings is 1. The first-order valence-corrected chi connectivity index (χ1v) is 8.79. The van der Waals surface area contributed by atoms with Crippen molar-refractivity contribution in [3.8, 4) is 12.3 Å². The first-order chi connectivity index (χ1) is 13.0. The van der Waals surface area contributed by atoms with Crippen LogP contribution in [0.15, 0.2) is 46.2 Å². The van der Waals surface area contributed by atoms with Gasteiger partial charge < -0.3 is 4.57 Å². The summed E-state index contributed by atoms with van der Waals surface area (Å²) in [5.74, 6) is 2.71. The zero-order valence-electron chi connectivity index (χ0n) is 15.8. The van der Waals surface area contributed by atoms with Gasteiger partial charge in [0.1, 0.15) is 0 Å².